The van der Waals surface area contributed by atoms with Gasteiger partial charge in [-0.25, -0.2) is 32.5 Å². The molecule has 1 aliphatic heterocycles. The summed E-state index contributed by atoms with van der Waals surface area (Å²) >= 11 is 0. The molecule has 1 fully saturated rings. The van der Waals surface area contributed by atoms with Gasteiger partial charge in [0, 0.05) is 42.0 Å². The third-order valence-corrected chi connectivity index (χ3v) is 8.88. The second-order valence-electron chi connectivity index (χ2n) is 12.4. The zero-order valence-corrected chi connectivity index (χ0v) is 27.8. The third kappa shape index (κ3) is 7.98. The zero-order chi connectivity index (χ0) is 36.0. The van der Waals surface area contributed by atoms with Crippen molar-refractivity contribution < 1.29 is 33.3 Å². The van der Waals surface area contributed by atoms with Gasteiger partial charge in [0.2, 0.25) is 6.41 Å². The molecule has 3 heterocycles. The number of ether oxygens (including phenoxy) is 2. The van der Waals surface area contributed by atoms with E-state index in [1.807, 2.05) is 24.3 Å². The quantitative estimate of drug-likeness (QED) is 0.130. The fraction of sp³-hybridized carbons (Fsp3) is 0.343. The Morgan fingerprint density at radius 1 is 1.12 bits per heavy atom. The Hall–Kier alpha value is -5.45. The smallest absolute Gasteiger partial charge is 0.350 e. The lowest BCUT2D eigenvalue weighted by atomic mass is 9.87. The molecule has 0 radical (unpaired) electrons. The first-order valence-electron chi connectivity index (χ1n) is 16.4. The van der Waals surface area contributed by atoms with Crippen molar-refractivity contribution in [2.24, 2.45) is 5.92 Å². The van der Waals surface area contributed by atoms with Crippen LogP contribution in [0.25, 0.3) is 5.69 Å². The Morgan fingerprint density at radius 3 is 2.57 bits per heavy atom. The first kappa shape index (κ1) is 35.4. The van der Waals surface area contributed by atoms with Gasteiger partial charge in [-0.15, -0.1) is 0 Å². The van der Waals surface area contributed by atoms with Gasteiger partial charge >= 0.3 is 5.69 Å². The fourth-order valence-corrected chi connectivity index (χ4v) is 6.19. The monoisotopic (exact) mass is 704 g/mol. The summed E-state index contributed by atoms with van der Waals surface area (Å²) in [5, 5.41) is 30.9. The molecule has 0 unspecified atom stereocenters. The van der Waals surface area contributed by atoms with Crippen LogP contribution in [0.5, 0.6) is 5.75 Å². The molecule has 1 saturated heterocycles. The van der Waals surface area contributed by atoms with E-state index in [1.54, 1.807) is 28.9 Å². The van der Waals surface area contributed by atoms with Crippen LogP contribution in [0.4, 0.5) is 20.2 Å². The summed E-state index contributed by atoms with van der Waals surface area (Å²) in [6, 6.07) is 16.8. The molecular weight excluding hydrogens is 666 g/mol. The minimum atomic E-state index is -1.06. The number of hydrogen-bond acceptors (Lipinski definition) is 10. The van der Waals surface area contributed by atoms with Crippen molar-refractivity contribution in [3.8, 4) is 11.4 Å². The highest BCUT2D eigenvalue weighted by molar-refractivity contribution is 5.75. The minimum Gasteiger partial charge on any atom is -0.493 e. The van der Waals surface area contributed by atoms with Gasteiger partial charge < -0.3 is 29.9 Å². The molecule has 3 aromatic carbocycles. The van der Waals surface area contributed by atoms with Crippen LogP contribution in [0, 0.1) is 17.6 Å². The highest BCUT2D eigenvalue weighted by atomic mass is 19.1. The maximum atomic E-state index is 14.9. The molecule has 1 amide bonds. The van der Waals surface area contributed by atoms with Crippen LogP contribution in [-0.2, 0) is 21.7 Å². The number of amides is 1. The van der Waals surface area contributed by atoms with Crippen molar-refractivity contribution in [3.63, 3.8) is 0 Å². The zero-order valence-electron chi connectivity index (χ0n) is 27.8. The highest BCUT2D eigenvalue weighted by Crippen LogP contribution is 2.42. The molecule has 51 heavy (non-hydrogen) atoms. The van der Waals surface area contributed by atoms with Crippen LogP contribution >= 0.6 is 0 Å². The van der Waals surface area contributed by atoms with Crippen LogP contribution in [-0.4, -0.2) is 84.7 Å². The van der Waals surface area contributed by atoms with Crippen molar-refractivity contribution in [3.05, 3.63) is 113 Å². The molecule has 14 nitrogen and oxygen atoms in total. The summed E-state index contributed by atoms with van der Waals surface area (Å²) in [5.41, 5.74) is 0.648. The van der Waals surface area contributed by atoms with Crippen molar-refractivity contribution in [2.45, 2.75) is 37.6 Å². The predicted molar refractivity (Wildman–Crippen MR) is 182 cm³/mol. The first-order valence-corrected chi connectivity index (χ1v) is 16.4. The first-order chi connectivity index (χ1) is 24.7. The molecule has 3 N–H and O–H groups in total. The molecule has 0 bridgehead atoms. The number of hydrogen-bond donors (Lipinski definition) is 3. The molecule has 1 aliphatic rings. The van der Waals surface area contributed by atoms with Crippen molar-refractivity contribution in [2.75, 3.05) is 43.1 Å². The van der Waals surface area contributed by atoms with E-state index in [2.05, 4.69) is 20.5 Å². The van der Waals surface area contributed by atoms with Gasteiger partial charge in [0.1, 0.15) is 48.0 Å². The number of anilines is 2. The Kier molecular flexibility index (Phi) is 10.8. The van der Waals surface area contributed by atoms with Crippen molar-refractivity contribution in [1.82, 2.24) is 29.1 Å². The number of carbonyl (C=O) groups is 1. The Labute approximate surface area is 291 Å². The molecule has 5 aromatic rings. The number of carbonyl (C=O) groups excluding carboxylic acids is 1. The largest absolute Gasteiger partial charge is 0.493 e. The van der Waals surface area contributed by atoms with E-state index in [4.69, 9.17) is 9.47 Å². The molecule has 0 spiro atoms. The van der Waals surface area contributed by atoms with Gasteiger partial charge in [-0.1, -0.05) is 6.07 Å². The number of benzene rings is 3. The van der Waals surface area contributed by atoms with Gasteiger partial charge in [-0.2, -0.15) is 10.2 Å². The van der Waals surface area contributed by atoms with Crippen LogP contribution in [0.3, 0.4) is 0 Å². The fourth-order valence-electron chi connectivity index (χ4n) is 6.19. The summed E-state index contributed by atoms with van der Waals surface area (Å²) < 4.78 is 44.8. The number of nitrogens with one attached hydrogen (secondary N) is 1. The van der Waals surface area contributed by atoms with E-state index in [1.165, 1.54) is 47.5 Å². The summed E-state index contributed by atoms with van der Waals surface area (Å²) in [6.07, 6.45) is 4.42. The van der Waals surface area contributed by atoms with Gasteiger partial charge in [0.15, 0.2) is 0 Å². The molecule has 4 atom stereocenters. The summed E-state index contributed by atoms with van der Waals surface area (Å²) in [7, 11) is 0. The number of halogens is 2. The average Bonchev–Trinajstić information content (AvgIpc) is 3.88. The van der Waals surface area contributed by atoms with Gasteiger partial charge in [-0.05, 0) is 67.9 Å². The molecular formula is C35H38F2N8O6. The van der Waals surface area contributed by atoms with Crippen molar-refractivity contribution in [1.29, 1.82) is 0 Å². The number of aromatic nitrogens is 6. The standard InChI is InChI=1S/C35H38F2N8O6/c1-24(48)33(16-46)45-34(49)44(22-41-45)29-7-5-28(6-8-29)42(23-47)13-12-39-27-3-9-30(10-4-27)50-17-25-15-35(51-18-25,19-43-21-38-20-40-43)31-11-2-26(36)14-32(31)37/h2-11,14,20-25,33,39,46,48H,12-13,15-19H2,1H3/t24-,25+,33-,35-/m0/s1. The lowest BCUT2D eigenvalue weighted by Crippen LogP contribution is -2.35. The lowest BCUT2D eigenvalue weighted by molar-refractivity contribution is -0.107. The normalized spacial score (nSPS) is 18.3. The van der Waals surface area contributed by atoms with Crippen LogP contribution in [0.15, 0.2) is 90.5 Å². The topological polar surface area (TPSA) is 162 Å². The van der Waals surface area contributed by atoms with E-state index in [0.29, 0.717) is 49.8 Å². The van der Waals surface area contributed by atoms with Crippen molar-refractivity contribution >= 4 is 17.8 Å². The maximum Gasteiger partial charge on any atom is 0.350 e. The van der Waals surface area contributed by atoms with Crippen LogP contribution in [0.1, 0.15) is 24.9 Å². The highest BCUT2D eigenvalue weighted by Gasteiger charge is 2.44. The molecule has 2 aromatic heterocycles. The van der Waals surface area contributed by atoms with Crippen LogP contribution < -0.4 is 20.6 Å². The molecule has 6 rings (SSSR count). The minimum absolute atomic E-state index is 0.0634. The number of rotatable bonds is 16. The predicted octanol–water partition coefficient (Wildman–Crippen LogP) is 2.90. The summed E-state index contributed by atoms with van der Waals surface area (Å²) in [6.45, 7) is 2.69. The van der Waals surface area contributed by atoms with Gasteiger partial charge in [-0.3, -0.25) is 4.79 Å². The van der Waals surface area contributed by atoms with E-state index in [9.17, 15) is 28.6 Å². The SMILES string of the molecule is C[C@H](O)[C@H](CO)n1ncn(-c2ccc(N(C=O)CCNc3ccc(OC[C@@H]4CO[C@@](Cn5cncn5)(c5ccc(F)cc5F)C4)cc3)cc2)c1=O. The summed E-state index contributed by atoms with van der Waals surface area (Å²) in [5.74, 6) is -0.769. The molecule has 0 saturated carbocycles. The Balaban J connectivity index is 1.00. The van der Waals surface area contributed by atoms with Gasteiger partial charge in [0.25, 0.3) is 0 Å². The maximum absolute atomic E-state index is 14.9. The Bertz CT molecular complexity index is 1950. The Morgan fingerprint density at radius 2 is 1.90 bits per heavy atom. The number of nitrogens with zero attached hydrogens (tertiary/aromatic N) is 7. The average molecular weight is 705 g/mol. The summed E-state index contributed by atoms with van der Waals surface area (Å²) in [4.78, 5) is 30.2. The molecule has 0 aliphatic carbocycles. The van der Waals surface area contributed by atoms with E-state index in [0.717, 1.165) is 22.8 Å². The van der Waals surface area contributed by atoms with Crippen LogP contribution in [0.2, 0.25) is 0 Å². The van der Waals surface area contributed by atoms with E-state index < -0.39 is 41.7 Å². The second-order valence-corrected chi connectivity index (χ2v) is 12.4. The second kappa shape index (κ2) is 15.6. The van der Waals surface area contributed by atoms with E-state index in [-0.39, 0.29) is 18.0 Å². The molecule has 16 heteroatoms. The lowest BCUT2D eigenvalue weighted by Gasteiger charge is -2.29. The van der Waals surface area contributed by atoms with E-state index >= 15 is 0 Å². The molecule has 268 valence electrons. The number of aliphatic hydroxyl groups is 2. The number of aliphatic hydroxyl groups excluding tert-OH is 2. The van der Waals surface area contributed by atoms with Gasteiger partial charge in [0.05, 0.1) is 38.2 Å². The third-order valence-electron chi connectivity index (χ3n) is 8.88.